The molecule has 0 saturated carbocycles. The van der Waals surface area contributed by atoms with E-state index in [1.807, 2.05) is 0 Å². The van der Waals surface area contributed by atoms with Crippen LogP contribution in [-0.2, 0) is 6.54 Å². The summed E-state index contributed by atoms with van der Waals surface area (Å²) in [6.45, 7) is 2.68. The molecule has 2 heterocycles. The number of hydrogen-bond acceptors (Lipinski definition) is 5. The zero-order chi connectivity index (χ0) is 13.8. The lowest BCUT2D eigenvalue weighted by Gasteiger charge is -2.29. The molecule has 1 aromatic heterocycles. The van der Waals surface area contributed by atoms with Crippen LogP contribution in [0.2, 0.25) is 0 Å². The van der Waals surface area contributed by atoms with Gasteiger partial charge in [0.05, 0.1) is 17.2 Å². The first-order chi connectivity index (χ1) is 9.06. The normalized spacial score (nSPS) is 17.5. The molecule has 0 spiro atoms. The van der Waals surface area contributed by atoms with Gasteiger partial charge in [-0.2, -0.15) is 0 Å². The monoisotopic (exact) mass is 267 g/mol. The molecule has 2 rings (SSSR count). The third-order valence-corrected chi connectivity index (χ3v) is 3.39. The molecule has 1 saturated heterocycles. The molecule has 0 aromatic carbocycles. The van der Waals surface area contributed by atoms with Crippen LogP contribution in [0, 0.1) is 10.1 Å². The van der Waals surface area contributed by atoms with Gasteiger partial charge in [-0.1, -0.05) is 0 Å². The van der Waals surface area contributed by atoms with Crippen molar-refractivity contribution in [2.24, 2.45) is 0 Å². The maximum absolute atomic E-state index is 11.6. The van der Waals surface area contributed by atoms with Crippen LogP contribution in [0.5, 0.6) is 0 Å². The number of pyridine rings is 1. The fourth-order valence-corrected chi connectivity index (χ4v) is 2.19. The highest BCUT2D eigenvalue weighted by atomic mass is 16.6. The summed E-state index contributed by atoms with van der Waals surface area (Å²) in [5, 5.41) is 20.1. The smallest absolute Gasteiger partial charge is 0.285 e. The van der Waals surface area contributed by atoms with E-state index in [4.69, 9.17) is 0 Å². The van der Waals surface area contributed by atoms with E-state index in [-0.39, 0.29) is 17.4 Å². The highest BCUT2D eigenvalue weighted by Crippen LogP contribution is 2.10. The van der Waals surface area contributed by atoms with E-state index in [1.165, 1.54) is 22.9 Å². The third kappa shape index (κ3) is 3.62. The van der Waals surface area contributed by atoms with E-state index >= 15 is 0 Å². The standard InChI is InChI=1S/C12H17N3O4/c16-11-3-5-13(6-4-11)7-8-14-9-10(15(18)19)1-2-12(14)17/h1-2,9,11,16H,3-8H2. The molecule has 0 atom stereocenters. The number of likely N-dealkylation sites (tertiary alicyclic amines) is 1. The van der Waals surface area contributed by atoms with Gasteiger partial charge in [0, 0.05) is 38.3 Å². The number of aliphatic hydroxyl groups is 1. The number of nitro groups is 1. The molecule has 19 heavy (non-hydrogen) atoms. The fourth-order valence-electron chi connectivity index (χ4n) is 2.19. The van der Waals surface area contributed by atoms with Gasteiger partial charge in [0.25, 0.3) is 11.2 Å². The minimum atomic E-state index is -0.507. The van der Waals surface area contributed by atoms with Crippen LogP contribution in [0.3, 0.4) is 0 Å². The quantitative estimate of drug-likeness (QED) is 0.622. The SMILES string of the molecule is O=c1ccc([N+](=O)[O-])cn1CCN1CCC(O)CC1. The van der Waals surface area contributed by atoms with E-state index in [2.05, 4.69) is 4.90 Å². The Morgan fingerprint density at radius 1 is 1.32 bits per heavy atom. The summed E-state index contributed by atoms with van der Waals surface area (Å²) in [7, 11) is 0. The van der Waals surface area contributed by atoms with Crippen LogP contribution in [0.1, 0.15) is 12.8 Å². The lowest BCUT2D eigenvalue weighted by atomic mass is 10.1. The van der Waals surface area contributed by atoms with Crippen molar-refractivity contribution in [1.82, 2.24) is 9.47 Å². The molecule has 0 radical (unpaired) electrons. The van der Waals surface area contributed by atoms with E-state index in [1.54, 1.807) is 0 Å². The summed E-state index contributed by atoms with van der Waals surface area (Å²) < 4.78 is 1.36. The van der Waals surface area contributed by atoms with E-state index < -0.39 is 4.92 Å². The number of rotatable bonds is 4. The predicted molar refractivity (Wildman–Crippen MR) is 69.0 cm³/mol. The number of piperidine rings is 1. The first-order valence-corrected chi connectivity index (χ1v) is 6.31. The van der Waals surface area contributed by atoms with Gasteiger partial charge in [0.2, 0.25) is 0 Å². The summed E-state index contributed by atoms with van der Waals surface area (Å²) in [5.74, 6) is 0. The largest absolute Gasteiger partial charge is 0.393 e. The Labute approximate surface area is 110 Å². The second-order valence-electron chi connectivity index (χ2n) is 4.75. The van der Waals surface area contributed by atoms with Crippen molar-refractivity contribution >= 4 is 5.69 Å². The molecule has 0 aliphatic carbocycles. The zero-order valence-electron chi connectivity index (χ0n) is 10.6. The first-order valence-electron chi connectivity index (χ1n) is 6.31. The van der Waals surface area contributed by atoms with Gasteiger partial charge < -0.3 is 14.6 Å². The van der Waals surface area contributed by atoms with Gasteiger partial charge in [-0.05, 0) is 12.8 Å². The molecule has 104 valence electrons. The summed E-state index contributed by atoms with van der Waals surface area (Å²) in [6.07, 6.45) is 2.53. The second-order valence-corrected chi connectivity index (χ2v) is 4.75. The molecule has 1 aromatic rings. The Morgan fingerprint density at radius 2 is 2.00 bits per heavy atom. The number of hydrogen-bond donors (Lipinski definition) is 1. The molecule has 7 heteroatoms. The molecule has 1 fully saturated rings. The highest BCUT2D eigenvalue weighted by molar-refractivity contribution is 5.24. The van der Waals surface area contributed by atoms with Crippen LogP contribution < -0.4 is 5.56 Å². The summed E-state index contributed by atoms with van der Waals surface area (Å²) in [5.41, 5.74) is -0.309. The second kappa shape index (κ2) is 5.94. The Bertz CT molecular complexity index is 506. The van der Waals surface area contributed by atoms with Gasteiger partial charge in [-0.15, -0.1) is 0 Å². The van der Waals surface area contributed by atoms with Crippen molar-refractivity contribution in [3.05, 3.63) is 38.8 Å². The predicted octanol–water partition coefficient (Wildman–Crippen LogP) is 0.213. The minimum absolute atomic E-state index is 0.0753. The maximum atomic E-state index is 11.6. The maximum Gasteiger partial charge on any atom is 0.285 e. The van der Waals surface area contributed by atoms with Crippen molar-refractivity contribution in [1.29, 1.82) is 0 Å². The Kier molecular flexibility index (Phi) is 4.28. The van der Waals surface area contributed by atoms with Crippen molar-refractivity contribution in [2.45, 2.75) is 25.5 Å². The lowest BCUT2D eigenvalue weighted by molar-refractivity contribution is -0.385. The summed E-state index contributed by atoms with van der Waals surface area (Å²) >= 11 is 0. The molecular weight excluding hydrogens is 250 g/mol. The Balaban J connectivity index is 1.97. The number of aliphatic hydroxyl groups excluding tert-OH is 1. The molecule has 0 amide bonds. The highest BCUT2D eigenvalue weighted by Gasteiger charge is 2.16. The van der Waals surface area contributed by atoms with Gasteiger partial charge in [-0.3, -0.25) is 14.9 Å². The number of aromatic nitrogens is 1. The average Bonchev–Trinajstić information content (AvgIpc) is 2.39. The van der Waals surface area contributed by atoms with Crippen molar-refractivity contribution < 1.29 is 10.0 Å². The molecule has 0 unspecified atom stereocenters. The zero-order valence-corrected chi connectivity index (χ0v) is 10.6. The fraction of sp³-hybridized carbons (Fsp3) is 0.583. The van der Waals surface area contributed by atoms with Gasteiger partial charge in [0.15, 0.2) is 0 Å². The van der Waals surface area contributed by atoms with Crippen LogP contribution in [-0.4, -0.2) is 45.2 Å². The molecular formula is C12H17N3O4. The number of nitrogens with zero attached hydrogens (tertiary/aromatic N) is 3. The van der Waals surface area contributed by atoms with Crippen molar-refractivity contribution in [3.63, 3.8) is 0 Å². The minimum Gasteiger partial charge on any atom is -0.393 e. The van der Waals surface area contributed by atoms with Gasteiger partial charge >= 0.3 is 0 Å². The van der Waals surface area contributed by atoms with E-state index in [9.17, 15) is 20.0 Å². The Hall–Kier alpha value is -1.73. The summed E-state index contributed by atoms with van der Waals surface area (Å²) in [4.78, 5) is 23.9. The lowest BCUT2D eigenvalue weighted by Crippen LogP contribution is -2.38. The molecule has 1 N–H and O–H groups in total. The van der Waals surface area contributed by atoms with E-state index in [0.29, 0.717) is 13.1 Å². The van der Waals surface area contributed by atoms with Crippen LogP contribution in [0.4, 0.5) is 5.69 Å². The average molecular weight is 267 g/mol. The van der Waals surface area contributed by atoms with Crippen molar-refractivity contribution in [2.75, 3.05) is 19.6 Å². The topological polar surface area (TPSA) is 88.6 Å². The molecule has 1 aliphatic heterocycles. The third-order valence-electron chi connectivity index (χ3n) is 3.39. The van der Waals surface area contributed by atoms with Crippen LogP contribution in [0.15, 0.2) is 23.1 Å². The van der Waals surface area contributed by atoms with E-state index in [0.717, 1.165) is 25.9 Å². The van der Waals surface area contributed by atoms with Crippen LogP contribution >= 0.6 is 0 Å². The van der Waals surface area contributed by atoms with Crippen molar-refractivity contribution in [3.8, 4) is 0 Å². The molecule has 1 aliphatic rings. The van der Waals surface area contributed by atoms with Gasteiger partial charge in [0.1, 0.15) is 0 Å². The molecule has 0 bridgehead atoms. The first kappa shape index (κ1) is 13.7. The summed E-state index contributed by atoms with van der Waals surface area (Å²) in [6, 6.07) is 2.44. The van der Waals surface area contributed by atoms with Crippen LogP contribution in [0.25, 0.3) is 0 Å². The Morgan fingerprint density at radius 3 is 2.63 bits per heavy atom. The molecule has 7 nitrogen and oxygen atoms in total. The van der Waals surface area contributed by atoms with Gasteiger partial charge in [-0.25, -0.2) is 0 Å².